The Morgan fingerprint density at radius 1 is 1.07 bits per heavy atom. The van der Waals surface area contributed by atoms with Gasteiger partial charge < -0.3 is 15.4 Å². The highest BCUT2D eigenvalue weighted by Crippen LogP contribution is 2.13. The first-order valence-electron chi connectivity index (χ1n) is 8.71. The number of hydrogen-bond donors (Lipinski definition) is 2. The topological polar surface area (TPSA) is 76.1 Å². The van der Waals surface area contributed by atoms with Crippen molar-refractivity contribution in [3.8, 4) is 5.75 Å². The molecular formula is C21H22N4O2. The number of methoxy groups -OCH3 is 1. The summed E-state index contributed by atoms with van der Waals surface area (Å²) >= 11 is 0. The van der Waals surface area contributed by atoms with Crippen LogP contribution in [0, 0.1) is 6.92 Å². The van der Waals surface area contributed by atoms with Crippen molar-refractivity contribution in [2.45, 2.75) is 13.3 Å². The van der Waals surface area contributed by atoms with Crippen molar-refractivity contribution in [2.24, 2.45) is 0 Å². The summed E-state index contributed by atoms with van der Waals surface area (Å²) in [5.41, 5.74) is 3.31. The van der Waals surface area contributed by atoms with Gasteiger partial charge in [-0.05, 0) is 43.2 Å². The van der Waals surface area contributed by atoms with E-state index in [1.54, 1.807) is 13.3 Å². The molecule has 2 N–H and O–H groups in total. The summed E-state index contributed by atoms with van der Waals surface area (Å²) in [5.74, 6) is 1.19. The molecule has 3 rings (SSSR count). The van der Waals surface area contributed by atoms with E-state index in [1.807, 2.05) is 55.5 Å². The number of amides is 1. The smallest absolute Gasteiger partial charge is 0.275 e. The van der Waals surface area contributed by atoms with Crippen LogP contribution in [0.3, 0.4) is 0 Å². The molecule has 0 unspecified atom stereocenters. The van der Waals surface area contributed by atoms with E-state index in [-0.39, 0.29) is 11.6 Å². The summed E-state index contributed by atoms with van der Waals surface area (Å²) in [5, 5.41) is 6.01. The first kappa shape index (κ1) is 18.4. The first-order valence-corrected chi connectivity index (χ1v) is 8.71. The maximum atomic E-state index is 12.2. The number of ether oxygens (including phenoxy) is 1. The van der Waals surface area contributed by atoms with E-state index < -0.39 is 0 Å². The van der Waals surface area contributed by atoms with Crippen LogP contribution in [0.2, 0.25) is 0 Å². The third-order valence-corrected chi connectivity index (χ3v) is 4.05. The molecule has 0 saturated carbocycles. The van der Waals surface area contributed by atoms with E-state index in [1.165, 1.54) is 11.8 Å². The van der Waals surface area contributed by atoms with Crippen LogP contribution in [0.5, 0.6) is 5.75 Å². The van der Waals surface area contributed by atoms with Crippen molar-refractivity contribution in [3.05, 3.63) is 77.7 Å². The molecule has 6 nitrogen and oxygen atoms in total. The lowest BCUT2D eigenvalue weighted by Gasteiger charge is -2.08. The number of carbonyl (C=O) groups is 1. The van der Waals surface area contributed by atoms with Gasteiger partial charge in [0.05, 0.1) is 19.5 Å². The summed E-state index contributed by atoms with van der Waals surface area (Å²) in [7, 11) is 1.66. The van der Waals surface area contributed by atoms with Gasteiger partial charge in [0.25, 0.3) is 5.91 Å². The van der Waals surface area contributed by atoms with Crippen molar-refractivity contribution < 1.29 is 9.53 Å². The summed E-state index contributed by atoms with van der Waals surface area (Å²) in [6.07, 6.45) is 3.86. The molecule has 27 heavy (non-hydrogen) atoms. The van der Waals surface area contributed by atoms with Crippen LogP contribution >= 0.6 is 0 Å². The summed E-state index contributed by atoms with van der Waals surface area (Å²) in [6, 6.07) is 15.5. The highest BCUT2D eigenvalue weighted by molar-refractivity contribution is 6.02. The molecule has 0 saturated heterocycles. The van der Waals surface area contributed by atoms with E-state index >= 15 is 0 Å². The third-order valence-electron chi connectivity index (χ3n) is 4.05. The quantitative estimate of drug-likeness (QED) is 0.670. The van der Waals surface area contributed by atoms with E-state index in [4.69, 9.17) is 4.74 Å². The molecule has 0 aliphatic rings. The third kappa shape index (κ3) is 5.28. The number of nitrogens with one attached hydrogen (secondary N) is 2. The van der Waals surface area contributed by atoms with Crippen LogP contribution in [-0.2, 0) is 6.42 Å². The summed E-state index contributed by atoms with van der Waals surface area (Å²) in [4.78, 5) is 20.7. The lowest BCUT2D eigenvalue weighted by Crippen LogP contribution is -2.15. The van der Waals surface area contributed by atoms with E-state index in [9.17, 15) is 4.79 Å². The zero-order valence-electron chi connectivity index (χ0n) is 15.4. The highest BCUT2D eigenvalue weighted by Gasteiger charge is 2.08. The Labute approximate surface area is 158 Å². The number of anilines is 2. The molecule has 138 valence electrons. The fourth-order valence-electron chi connectivity index (χ4n) is 2.53. The van der Waals surface area contributed by atoms with Crippen molar-refractivity contribution in [1.29, 1.82) is 0 Å². The van der Waals surface area contributed by atoms with Gasteiger partial charge in [-0.15, -0.1) is 0 Å². The van der Waals surface area contributed by atoms with Crippen LogP contribution < -0.4 is 15.4 Å². The van der Waals surface area contributed by atoms with E-state index in [2.05, 4.69) is 20.6 Å². The second-order valence-electron chi connectivity index (χ2n) is 6.14. The number of rotatable bonds is 7. The molecule has 6 heteroatoms. The molecule has 0 bridgehead atoms. The Bertz CT molecular complexity index is 893. The van der Waals surface area contributed by atoms with Gasteiger partial charge in [0.2, 0.25) is 0 Å². The van der Waals surface area contributed by atoms with Crippen LogP contribution in [0.25, 0.3) is 0 Å². The Morgan fingerprint density at radius 2 is 1.89 bits per heavy atom. The van der Waals surface area contributed by atoms with Gasteiger partial charge in [-0.25, -0.2) is 9.97 Å². The van der Waals surface area contributed by atoms with Crippen LogP contribution in [-0.4, -0.2) is 29.5 Å². The molecule has 1 heterocycles. The number of aryl methyl sites for hydroxylation is 1. The van der Waals surface area contributed by atoms with Gasteiger partial charge in [-0.3, -0.25) is 4.79 Å². The predicted octanol–water partition coefficient (Wildman–Crippen LogP) is 3.70. The van der Waals surface area contributed by atoms with Gasteiger partial charge >= 0.3 is 0 Å². The van der Waals surface area contributed by atoms with Crippen LogP contribution in [0.4, 0.5) is 11.5 Å². The molecular weight excluding hydrogens is 340 g/mol. The minimum atomic E-state index is -0.283. The Balaban J connectivity index is 1.52. The summed E-state index contributed by atoms with van der Waals surface area (Å²) < 4.78 is 5.22. The molecule has 0 aliphatic carbocycles. The zero-order chi connectivity index (χ0) is 19.1. The molecule has 0 aliphatic heterocycles. The second kappa shape index (κ2) is 8.80. The Hall–Kier alpha value is -3.41. The molecule has 2 aromatic carbocycles. The van der Waals surface area contributed by atoms with Gasteiger partial charge in [-0.1, -0.05) is 29.8 Å². The molecule has 0 radical (unpaired) electrons. The molecule has 0 spiro atoms. The van der Waals surface area contributed by atoms with E-state index in [0.29, 0.717) is 12.4 Å². The average Bonchev–Trinajstić information content (AvgIpc) is 2.70. The number of carbonyl (C=O) groups excluding carboxylic acids is 1. The fraction of sp³-hybridized carbons (Fsp3) is 0.190. The van der Waals surface area contributed by atoms with Gasteiger partial charge in [0.15, 0.2) is 0 Å². The minimum Gasteiger partial charge on any atom is -0.497 e. The highest BCUT2D eigenvalue weighted by atomic mass is 16.5. The molecule has 1 amide bonds. The minimum absolute atomic E-state index is 0.272. The van der Waals surface area contributed by atoms with Crippen LogP contribution in [0.1, 0.15) is 21.6 Å². The van der Waals surface area contributed by atoms with Crippen LogP contribution in [0.15, 0.2) is 60.9 Å². The maximum absolute atomic E-state index is 12.2. The largest absolute Gasteiger partial charge is 0.497 e. The first-order chi connectivity index (χ1) is 13.1. The van der Waals surface area contributed by atoms with Crippen molar-refractivity contribution in [1.82, 2.24) is 9.97 Å². The lowest BCUT2D eigenvalue weighted by molar-refractivity contribution is 0.102. The van der Waals surface area contributed by atoms with Gasteiger partial charge in [0.1, 0.15) is 17.3 Å². The average molecular weight is 362 g/mol. The number of nitrogens with zero attached hydrogens (tertiary/aromatic N) is 2. The second-order valence-corrected chi connectivity index (χ2v) is 6.14. The van der Waals surface area contributed by atoms with Crippen molar-refractivity contribution in [3.63, 3.8) is 0 Å². The van der Waals surface area contributed by atoms with Gasteiger partial charge in [0, 0.05) is 12.2 Å². The molecule has 3 aromatic rings. The number of benzene rings is 2. The van der Waals surface area contributed by atoms with Crippen molar-refractivity contribution in [2.75, 3.05) is 24.3 Å². The Kier molecular flexibility index (Phi) is 5.99. The SMILES string of the molecule is COc1cccc(CCNc2cnc(C(=O)Nc3ccc(C)cc3)cn2)c1. The predicted molar refractivity (Wildman–Crippen MR) is 106 cm³/mol. The van der Waals surface area contributed by atoms with Crippen molar-refractivity contribution >= 4 is 17.4 Å². The normalized spacial score (nSPS) is 10.3. The number of hydrogen-bond acceptors (Lipinski definition) is 5. The van der Waals surface area contributed by atoms with Gasteiger partial charge in [-0.2, -0.15) is 0 Å². The fourth-order valence-corrected chi connectivity index (χ4v) is 2.53. The summed E-state index contributed by atoms with van der Waals surface area (Å²) in [6.45, 7) is 2.70. The molecule has 1 aromatic heterocycles. The lowest BCUT2D eigenvalue weighted by atomic mass is 10.1. The maximum Gasteiger partial charge on any atom is 0.275 e. The molecule has 0 fully saturated rings. The monoisotopic (exact) mass is 362 g/mol. The standard InChI is InChI=1S/C21H22N4O2/c1-15-6-8-17(9-7-15)25-21(26)19-13-24-20(14-23-19)22-11-10-16-4-3-5-18(12-16)27-2/h3-9,12-14H,10-11H2,1-2H3,(H,22,24)(H,25,26). The Morgan fingerprint density at radius 3 is 2.59 bits per heavy atom. The molecule has 0 atom stereocenters. The number of aromatic nitrogens is 2. The van der Waals surface area contributed by atoms with E-state index in [0.717, 1.165) is 23.4 Å². The zero-order valence-corrected chi connectivity index (χ0v) is 15.4.